The second-order valence-electron chi connectivity index (χ2n) is 10.7. The quantitative estimate of drug-likeness (QED) is 0.305. The van der Waals surface area contributed by atoms with Gasteiger partial charge in [0.15, 0.2) is 0 Å². The van der Waals surface area contributed by atoms with Crippen LogP contribution in [-0.2, 0) is 11.2 Å². The van der Waals surface area contributed by atoms with E-state index in [1.165, 1.54) is 25.0 Å². The summed E-state index contributed by atoms with van der Waals surface area (Å²) >= 11 is 0. The van der Waals surface area contributed by atoms with Crippen LogP contribution < -0.4 is 5.32 Å². The molecule has 1 saturated heterocycles. The molecule has 5 nitrogen and oxygen atoms in total. The van der Waals surface area contributed by atoms with E-state index in [1.54, 1.807) is 0 Å². The van der Waals surface area contributed by atoms with Crippen LogP contribution in [0.1, 0.15) is 73.3 Å². The summed E-state index contributed by atoms with van der Waals surface area (Å²) in [5.74, 6) is 0.580. The number of halogens is 4. The summed E-state index contributed by atoms with van der Waals surface area (Å²) in [4.78, 5) is 18.2. The summed E-state index contributed by atoms with van der Waals surface area (Å²) in [6, 6.07) is 12.8. The van der Waals surface area contributed by atoms with Crippen LogP contribution in [0.15, 0.2) is 48.5 Å². The number of piperidine rings is 1. The zero-order valence-electron chi connectivity index (χ0n) is 22.3. The molecule has 0 spiro atoms. The third-order valence-electron chi connectivity index (χ3n) is 7.79. The minimum atomic E-state index is -2.84. The number of alkyl halides is 4. The van der Waals surface area contributed by atoms with Crippen molar-refractivity contribution in [1.29, 1.82) is 0 Å². The SMILES string of the molecule is O=C(NCCc1cc(C(F)F)cc(C(F)F)c1)[C@H](c1ccccc1)N1CCC(N(CCCO)CC2CC2)CC1. The van der Waals surface area contributed by atoms with E-state index in [-0.39, 0.29) is 25.5 Å². The monoisotopic (exact) mass is 549 g/mol. The van der Waals surface area contributed by atoms with Gasteiger partial charge in [-0.25, -0.2) is 17.6 Å². The number of aliphatic hydroxyl groups is 1. The molecule has 0 unspecified atom stereocenters. The molecule has 1 heterocycles. The zero-order valence-corrected chi connectivity index (χ0v) is 22.3. The van der Waals surface area contributed by atoms with Crippen molar-refractivity contribution >= 4 is 5.91 Å². The number of benzene rings is 2. The molecule has 1 amide bonds. The fraction of sp³-hybridized carbons (Fsp3) is 0.567. The lowest BCUT2D eigenvalue weighted by atomic mass is 9.97. The third kappa shape index (κ3) is 8.50. The van der Waals surface area contributed by atoms with E-state index < -0.39 is 30.0 Å². The number of rotatable bonds is 14. The highest BCUT2D eigenvalue weighted by molar-refractivity contribution is 5.83. The molecule has 2 aromatic rings. The van der Waals surface area contributed by atoms with Crippen LogP contribution in [0.4, 0.5) is 17.6 Å². The summed E-state index contributed by atoms with van der Waals surface area (Å²) in [5, 5.41) is 12.3. The number of hydrogen-bond acceptors (Lipinski definition) is 4. The molecule has 1 aliphatic carbocycles. The van der Waals surface area contributed by atoms with Gasteiger partial charge in [0, 0.05) is 56.5 Å². The Balaban J connectivity index is 1.39. The van der Waals surface area contributed by atoms with E-state index in [0.717, 1.165) is 63.0 Å². The first-order chi connectivity index (χ1) is 18.9. The van der Waals surface area contributed by atoms with Crippen LogP contribution in [0.25, 0.3) is 0 Å². The Morgan fingerprint density at radius 3 is 2.15 bits per heavy atom. The molecule has 2 aliphatic rings. The van der Waals surface area contributed by atoms with Gasteiger partial charge >= 0.3 is 0 Å². The number of hydrogen-bond donors (Lipinski definition) is 2. The Bertz CT molecular complexity index is 1020. The second kappa shape index (κ2) is 14.2. The van der Waals surface area contributed by atoms with Crippen molar-refractivity contribution in [2.24, 2.45) is 5.92 Å². The molecular formula is C30H39F4N3O2. The number of carbonyl (C=O) groups is 1. The number of nitrogens with zero attached hydrogens (tertiary/aromatic N) is 2. The number of aliphatic hydroxyl groups excluding tert-OH is 1. The Morgan fingerprint density at radius 1 is 0.949 bits per heavy atom. The van der Waals surface area contributed by atoms with E-state index in [1.807, 2.05) is 30.3 Å². The van der Waals surface area contributed by atoms with Gasteiger partial charge in [-0.2, -0.15) is 0 Å². The van der Waals surface area contributed by atoms with Crippen molar-refractivity contribution in [2.45, 2.75) is 63.5 Å². The van der Waals surface area contributed by atoms with Gasteiger partial charge in [0.05, 0.1) is 0 Å². The van der Waals surface area contributed by atoms with Crippen LogP contribution >= 0.6 is 0 Å². The maximum atomic E-state index is 13.5. The van der Waals surface area contributed by atoms with Gasteiger partial charge in [-0.15, -0.1) is 0 Å². The lowest BCUT2D eigenvalue weighted by molar-refractivity contribution is -0.127. The molecule has 2 N–H and O–H groups in total. The van der Waals surface area contributed by atoms with Crippen LogP contribution in [0.3, 0.4) is 0 Å². The van der Waals surface area contributed by atoms with E-state index in [2.05, 4.69) is 15.1 Å². The molecule has 9 heteroatoms. The molecule has 0 aromatic heterocycles. The van der Waals surface area contributed by atoms with Gasteiger partial charge in [-0.1, -0.05) is 42.5 Å². The minimum Gasteiger partial charge on any atom is -0.396 e. The average molecular weight is 550 g/mol. The predicted octanol–water partition coefficient (Wildman–Crippen LogP) is 5.52. The fourth-order valence-corrected chi connectivity index (χ4v) is 5.57. The topological polar surface area (TPSA) is 55.8 Å². The molecule has 1 aliphatic heterocycles. The molecule has 214 valence electrons. The third-order valence-corrected chi connectivity index (χ3v) is 7.79. The van der Waals surface area contributed by atoms with Gasteiger partial charge in [0.2, 0.25) is 5.91 Å². The van der Waals surface area contributed by atoms with Crippen molar-refractivity contribution in [2.75, 3.05) is 39.3 Å². The van der Waals surface area contributed by atoms with Gasteiger partial charge < -0.3 is 10.4 Å². The van der Waals surface area contributed by atoms with E-state index in [9.17, 15) is 27.5 Å². The van der Waals surface area contributed by atoms with E-state index in [0.29, 0.717) is 11.6 Å². The summed E-state index contributed by atoms with van der Waals surface area (Å²) in [5.41, 5.74) is 0.352. The standard InChI is InChI=1S/C30H39F4N3O2/c31-28(32)24-17-22(18-25(19-24)29(33)34)9-12-35-30(39)27(23-5-2-1-3-6-23)36-14-10-26(11-15-36)37(13-4-16-38)20-21-7-8-21/h1-3,5-6,17-19,21,26-29,38H,4,7-16,20H2,(H,35,39)/t27-/m0/s1. The lowest BCUT2D eigenvalue weighted by Gasteiger charge is -2.41. The molecular weight excluding hydrogens is 510 g/mol. The Hall–Kier alpha value is -2.49. The summed E-state index contributed by atoms with van der Waals surface area (Å²) in [6.45, 7) is 3.82. The largest absolute Gasteiger partial charge is 0.396 e. The van der Waals surface area contributed by atoms with E-state index >= 15 is 0 Å². The highest BCUT2D eigenvalue weighted by Crippen LogP contribution is 2.33. The lowest BCUT2D eigenvalue weighted by Crippen LogP contribution is -2.49. The summed E-state index contributed by atoms with van der Waals surface area (Å²) in [6.07, 6.45) is -0.312. The molecule has 2 fully saturated rings. The fourth-order valence-electron chi connectivity index (χ4n) is 5.57. The highest BCUT2D eigenvalue weighted by Gasteiger charge is 2.34. The maximum Gasteiger partial charge on any atom is 0.263 e. The zero-order chi connectivity index (χ0) is 27.8. The first-order valence-electron chi connectivity index (χ1n) is 14.0. The van der Waals surface area contributed by atoms with Gasteiger partial charge in [-0.05, 0) is 61.6 Å². The summed E-state index contributed by atoms with van der Waals surface area (Å²) in [7, 11) is 0. The second-order valence-corrected chi connectivity index (χ2v) is 10.7. The number of likely N-dealkylation sites (tertiary alicyclic amines) is 1. The first-order valence-corrected chi connectivity index (χ1v) is 14.0. The molecule has 0 bridgehead atoms. The Kier molecular flexibility index (Phi) is 10.8. The Morgan fingerprint density at radius 2 is 1.59 bits per heavy atom. The predicted molar refractivity (Wildman–Crippen MR) is 143 cm³/mol. The minimum absolute atomic E-state index is 0.157. The summed E-state index contributed by atoms with van der Waals surface area (Å²) < 4.78 is 52.8. The van der Waals surface area contributed by atoms with E-state index in [4.69, 9.17) is 0 Å². The van der Waals surface area contributed by atoms with Gasteiger partial charge in [0.25, 0.3) is 12.9 Å². The number of nitrogens with one attached hydrogen (secondary N) is 1. The molecule has 1 saturated carbocycles. The molecule has 1 atom stereocenters. The molecule has 4 rings (SSSR count). The van der Waals surface area contributed by atoms with Crippen LogP contribution in [0.5, 0.6) is 0 Å². The number of carbonyl (C=O) groups excluding carboxylic acids is 1. The van der Waals surface area contributed by atoms with Crippen LogP contribution in [0.2, 0.25) is 0 Å². The van der Waals surface area contributed by atoms with Crippen molar-refractivity contribution in [3.63, 3.8) is 0 Å². The molecule has 2 aromatic carbocycles. The Labute approximate surface area is 228 Å². The van der Waals surface area contributed by atoms with Crippen LogP contribution in [-0.4, -0.2) is 66.2 Å². The van der Waals surface area contributed by atoms with Crippen molar-refractivity contribution < 1.29 is 27.5 Å². The smallest absolute Gasteiger partial charge is 0.263 e. The van der Waals surface area contributed by atoms with Crippen molar-refractivity contribution in [3.8, 4) is 0 Å². The molecule has 0 radical (unpaired) electrons. The van der Waals surface area contributed by atoms with Crippen LogP contribution in [0, 0.1) is 5.92 Å². The number of amides is 1. The normalized spacial score (nSPS) is 17.7. The average Bonchev–Trinajstić information content (AvgIpc) is 3.76. The molecule has 39 heavy (non-hydrogen) atoms. The van der Waals surface area contributed by atoms with Gasteiger partial charge in [0.1, 0.15) is 6.04 Å². The van der Waals surface area contributed by atoms with Crippen molar-refractivity contribution in [3.05, 3.63) is 70.8 Å². The first kappa shape index (κ1) is 29.5. The maximum absolute atomic E-state index is 13.5. The van der Waals surface area contributed by atoms with Gasteiger partial charge in [-0.3, -0.25) is 14.6 Å². The van der Waals surface area contributed by atoms with Crippen molar-refractivity contribution in [1.82, 2.24) is 15.1 Å². The highest BCUT2D eigenvalue weighted by atomic mass is 19.3.